The lowest BCUT2D eigenvalue weighted by Gasteiger charge is -2.29. The highest BCUT2D eigenvalue weighted by Gasteiger charge is 2.25. The SMILES string of the molecule is CCC1CCCCCN1C(=O)c1cc(C)nc(NC)c1. The van der Waals surface area contributed by atoms with Crippen LogP contribution < -0.4 is 5.32 Å². The molecule has 0 saturated carbocycles. The Balaban J connectivity index is 2.26. The van der Waals surface area contributed by atoms with Crippen LogP contribution in [-0.2, 0) is 0 Å². The van der Waals surface area contributed by atoms with Gasteiger partial charge >= 0.3 is 0 Å². The molecule has 0 aromatic carbocycles. The van der Waals surface area contributed by atoms with E-state index >= 15 is 0 Å². The molecule has 0 bridgehead atoms. The Kier molecular flexibility index (Phi) is 4.99. The lowest BCUT2D eigenvalue weighted by molar-refractivity contribution is 0.0678. The molecule has 1 unspecified atom stereocenters. The highest BCUT2D eigenvalue weighted by atomic mass is 16.2. The molecule has 1 amide bonds. The topological polar surface area (TPSA) is 45.2 Å². The minimum Gasteiger partial charge on any atom is -0.373 e. The average molecular weight is 275 g/mol. The molecule has 1 aliphatic rings. The fraction of sp³-hybridized carbons (Fsp3) is 0.625. The molecule has 0 aliphatic carbocycles. The number of pyridine rings is 1. The maximum Gasteiger partial charge on any atom is 0.254 e. The Morgan fingerprint density at radius 3 is 2.90 bits per heavy atom. The van der Waals surface area contributed by atoms with E-state index in [9.17, 15) is 4.79 Å². The number of aromatic nitrogens is 1. The van der Waals surface area contributed by atoms with E-state index in [1.807, 2.05) is 26.1 Å². The van der Waals surface area contributed by atoms with Gasteiger partial charge in [-0.15, -0.1) is 0 Å². The number of hydrogen-bond acceptors (Lipinski definition) is 3. The van der Waals surface area contributed by atoms with Crippen molar-refractivity contribution in [2.75, 3.05) is 18.9 Å². The zero-order valence-electron chi connectivity index (χ0n) is 12.8. The van der Waals surface area contributed by atoms with Crippen molar-refractivity contribution >= 4 is 11.7 Å². The predicted molar refractivity (Wildman–Crippen MR) is 82.1 cm³/mol. The van der Waals surface area contributed by atoms with E-state index in [-0.39, 0.29) is 5.91 Å². The van der Waals surface area contributed by atoms with Crippen LogP contribution in [0.3, 0.4) is 0 Å². The first-order valence-corrected chi connectivity index (χ1v) is 7.63. The average Bonchev–Trinajstić information content (AvgIpc) is 2.70. The van der Waals surface area contributed by atoms with Crippen molar-refractivity contribution in [3.8, 4) is 0 Å². The van der Waals surface area contributed by atoms with Crippen LogP contribution in [0.2, 0.25) is 0 Å². The summed E-state index contributed by atoms with van der Waals surface area (Å²) in [7, 11) is 1.83. The lowest BCUT2D eigenvalue weighted by Crippen LogP contribution is -2.39. The molecular formula is C16H25N3O. The number of aryl methyl sites for hydroxylation is 1. The molecule has 2 heterocycles. The number of rotatable bonds is 3. The highest BCUT2D eigenvalue weighted by Crippen LogP contribution is 2.22. The summed E-state index contributed by atoms with van der Waals surface area (Å²) >= 11 is 0. The maximum absolute atomic E-state index is 12.8. The number of anilines is 1. The van der Waals surface area contributed by atoms with Crippen LogP contribution in [0.1, 0.15) is 55.1 Å². The number of nitrogens with one attached hydrogen (secondary N) is 1. The molecule has 2 rings (SSSR count). The molecule has 1 N–H and O–H groups in total. The first kappa shape index (κ1) is 14.8. The van der Waals surface area contributed by atoms with E-state index in [2.05, 4.69) is 22.1 Å². The van der Waals surface area contributed by atoms with Crippen molar-refractivity contribution in [2.45, 2.75) is 52.0 Å². The van der Waals surface area contributed by atoms with Gasteiger partial charge in [0.05, 0.1) is 0 Å². The molecule has 1 aromatic heterocycles. The Hall–Kier alpha value is -1.58. The van der Waals surface area contributed by atoms with Gasteiger partial charge < -0.3 is 10.2 Å². The molecule has 4 heteroatoms. The van der Waals surface area contributed by atoms with Gasteiger partial charge in [0.2, 0.25) is 0 Å². The Morgan fingerprint density at radius 1 is 1.40 bits per heavy atom. The first-order valence-electron chi connectivity index (χ1n) is 7.63. The first-order chi connectivity index (χ1) is 9.65. The number of carbonyl (C=O) groups excluding carboxylic acids is 1. The van der Waals surface area contributed by atoms with E-state index < -0.39 is 0 Å². The molecule has 1 aromatic rings. The predicted octanol–water partition coefficient (Wildman–Crippen LogP) is 3.23. The highest BCUT2D eigenvalue weighted by molar-refractivity contribution is 5.95. The third kappa shape index (κ3) is 3.30. The number of likely N-dealkylation sites (tertiary alicyclic amines) is 1. The summed E-state index contributed by atoms with van der Waals surface area (Å²) in [6.45, 7) is 4.98. The van der Waals surface area contributed by atoms with Crippen LogP contribution in [0.5, 0.6) is 0 Å². The third-order valence-corrected chi connectivity index (χ3v) is 4.07. The zero-order chi connectivity index (χ0) is 14.5. The van der Waals surface area contributed by atoms with Crippen LogP contribution in [0.4, 0.5) is 5.82 Å². The van der Waals surface area contributed by atoms with Gasteiger partial charge in [-0.1, -0.05) is 19.8 Å². The fourth-order valence-corrected chi connectivity index (χ4v) is 2.96. The minimum atomic E-state index is 0.153. The molecule has 0 spiro atoms. The van der Waals surface area contributed by atoms with Crippen molar-refractivity contribution in [2.24, 2.45) is 0 Å². The number of nitrogens with zero attached hydrogens (tertiary/aromatic N) is 2. The fourth-order valence-electron chi connectivity index (χ4n) is 2.96. The maximum atomic E-state index is 12.8. The van der Waals surface area contributed by atoms with Gasteiger partial charge in [0, 0.05) is 30.9 Å². The van der Waals surface area contributed by atoms with Crippen molar-refractivity contribution in [1.29, 1.82) is 0 Å². The quantitative estimate of drug-likeness (QED) is 0.921. The summed E-state index contributed by atoms with van der Waals surface area (Å²) in [5.41, 5.74) is 1.63. The molecular weight excluding hydrogens is 250 g/mol. The van der Waals surface area contributed by atoms with E-state index in [1.54, 1.807) is 0 Å². The van der Waals surface area contributed by atoms with Crippen molar-refractivity contribution in [3.05, 3.63) is 23.4 Å². The number of hydrogen-bond donors (Lipinski definition) is 1. The van der Waals surface area contributed by atoms with Gasteiger partial charge in [-0.3, -0.25) is 4.79 Å². The minimum absolute atomic E-state index is 0.153. The van der Waals surface area contributed by atoms with Gasteiger partial charge in [0.25, 0.3) is 5.91 Å². The van der Waals surface area contributed by atoms with Crippen LogP contribution >= 0.6 is 0 Å². The number of carbonyl (C=O) groups is 1. The summed E-state index contributed by atoms with van der Waals surface area (Å²) in [5, 5.41) is 3.02. The summed E-state index contributed by atoms with van der Waals surface area (Å²) in [6.07, 6.45) is 5.75. The van der Waals surface area contributed by atoms with Gasteiger partial charge in [0.15, 0.2) is 0 Å². The van der Waals surface area contributed by atoms with Gasteiger partial charge in [0.1, 0.15) is 5.82 Å². The van der Waals surface area contributed by atoms with E-state index in [0.29, 0.717) is 6.04 Å². The number of amides is 1. The van der Waals surface area contributed by atoms with Gasteiger partial charge in [-0.25, -0.2) is 4.98 Å². The van der Waals surface area contributed by atoms with Crippen molar-refractivity contribution < 1.29 is 4.79 Å². The molecule has 1 saturated heterocycles. The van der Waals surface area contributed by atoms with Crippen LogP contribution in [0.25, 0.3) is 0 Å². The Morgan fingerprint density at radius 2 is 2.20 bits per heavy atom. The van der Waals surface area contributed by atoms with Crippen LogP contribution in [0, 0.1) is 6.92 Å². The van der Waals surface area contributed by atoms with Crippen molar-refractivity contribution in [1.82, 2.24) is 9.88 Å². The second-order valence-electron chi connectivity index (χ2n) is 5.54. The smallest absolute Gasteiger partial charge is 0.254 e. The molecule has 4 nitrogen and oxygen atoms in total. The molecule has 110 valence electrons. The van der Waals surface area contributed by atoms with Gasteiger partial charge in [-0.2, -0.15) is 0 Å². The Bertz CT molecular complexity index is 473. The van der Waals surface area contributed by atoms with Crippen LogP contribution in [0.15, 0.2) is 12.1 Å². The third-order valence-electron chi connectivity index (χ3n) is 4.07. The molecule has 1 aliphatic heterocycles. The van der Waals surface area contributed by atoms with Gasteiger partial charge in [-0.05, 0) is 38.3 Å². The second kappa shape index (κ2) is 6.73. The molecule has 0 radical (unpaired) electrons. The Labute approximate surface area is 121 Å². The largest absolute Gasteiger partial charge is 0.373 e. The monoisotopic (exact) mass is 275 g/mol. The van der Waals surface area contributed by atoms with Crippen LogP contribution in [-0.4, -0.2) is 35.4 Å². The zero-order valence-corrected chi connectivity index (χ0v) is 12.8. The summed E-state index contributed by atoms with van der Waals surface area (Å²) in [6, 6.07) is 4.13. The standard InChI is InChI=1S/C16H25N3O/c1-4-14-8-6-5-7-9-19(14)16(20)13-10-12(2)18-15(11-13)17-3/h10-11,14H,4-9H2,1-3H3,(H,17,18). The van der Waals surface area contributed by atoms with E-state index in [4.69, 9.17) is 0 Å². The van der Waals surface area contributed by atoms with Crippen molar-refractivity contribution in [3.63, 3.8) is 0 Å². The van der Waals surface area contributed by atoms with E-state index in [0.717, 1.165) is 42.9 Å². The second-order valence-corrected chi connectivity index (χ2v) is 5.54. The summed E-state index contributed by atoms with van der Waals surface area (Å²) in [4.78, 5) is 19.2. The summed E-state index contributed by atoms with van der Waals surface area (Å²) < 4.78 is 0. The summed E-state index contributed by atoms with van der Waals surface area (Å²) in [5.74, 6) is 0.914. The lowest BCUT2D eigenvalue weighted by atomic mass is 10.1. The molecule has 20 heavy (non-hydrogen) atoms. The molecule has 1 atom stereocenters. The van der Waals surface area contributed by atoms with E-state index in [1.165, 1.54) is 12.8 Å². The molecule has 1 fully saturated rings. The normalized spacial score (nSPS) is 19.6.